The predicted molar refractivity (Wildman–Crippen MR) is 101 cm³/mol. The molecule has 1 atom stereocenters. The lowest BCUT2D eigenvalue weighted by Gasteiger charge is -2.22. The molecule has 0 spiro atoms. The number of carbonyl (C=O) groups excluding carboxylic acids is 1. The largest absolute Gasteiger partial charge is 0.370 e. The Morgan fingerprint density at radius 1 is 1.17 bits per heavy atom. The Bertz CT molecular complexity index is 749. The standard InChI is InChI=1S/C19H19ClN2OS/c20-14-7-8-16(22-9-3-4-10-22)15(12-14)21-19(23)18-11-13-5-1-2-6-17(13)24-18/h1-2,5-8,12,18H,3-4,9-11H2,(H,21,23). The van der Waals surface area contributed by atoms with Crippen LogP contribution in [0.2, 0.25) is 5.02 Å². The number of amides is 1. The van der Waals surface area contributed by atoms with E-state index in [1.807, 2.05) is 30.3 Å². The summed E-state index contributed by atoms with van der Waals surface area (Å²) >= 11 is 7.81. The summed E-state index contributed by atoms with van der Waals surface area (Å²) in [6, 6.07) is 14.0. The second-order valence-corrected chi connectivity index (χ2v) is 7.94. The summed E-state index contributed by atoms with van der Waals surface area (Å²) in [5, 5.41) is 3.69. The number of nitrogens with one attached hydrogen (secondary N) is 1. The number of carbonyl (C=O) groups is 1. The van der Waals surface area contributed by atoms with Crippen molar-refractivity contribution in [2.24, 2.45) is 0 Å². The lowest BCUT2D eigenvalue weighted by atomic mass is 10.1. The van der Waals surface area contributed by atoms with Crippen LogP contribution in [0.5, 0.6) is 0 Å². The summed E-state index contributed by atoms with van der Waals surface area (Å²) in [4.78, 5) is 16.3. The Balaban J connectivity index is 1.53. The molecule has 0 aliphatic carbocycles. The molecule has 2 aliphatic rings. The van der Waals surface area contributed by atoms with E-state index >= 15 is 0 Å². The van der Waals surface area contributed by atoms with Gasteiger partial charge < -0.3 is 10.2 Å². The third kappa shape index (κ3) is 3.13. The number of benzene rings is 2. The first kappa shape index (κ1) is 15.9. The molecule has 2 heterocycles. The van der Waals surface area contributed by atoms with Gasteiger partial charge in [-0.2, -0.15) is 0 Å². The van der Waals surface area contributed by atoms with Gasteiger partial charge in [0.05, 0.1) is 16.6 Å². The first-order chi connectivity index (χ1) is 11.7. The molecule has 2 aromatic rings. The van der Waals surface area contributed by atoms with Crippen LogP contribution in [0.25, 0.3) is 0 Å². The molecule has 1 amide bonds. The number of thioether (sulfide) groups is 1. The fraction of sp³-hybridized carbons (Fsp3) is 0.316. The quantitative estimate of drug-likeness (QED) is 0.870. The molecular weight excluding hydrogens is 340 g/mol. The van der Waals surface area contributed by atoms with Gasteiger partial charge in [-0.3, -0.25) is 4.79 Å². The Morgan fingerprint density at radius 3 is 2.75 bits per heavy atom. The average Bonchev–Trinajstić information content (AvgIpc) is 3.24. The van der Waals surface area contributed by atoms with E-state index in [1.165, 1.54) is 23.3 Å². The van der Waals surface area contributed by atoms with E-state index in [0.29, 0.717) is 5.02 Å². The highest BCUT2D eigenvalue weighted by Gasteiger charge is 2.29. The molecule has 0 bridgehead atoms. The molecule has 1 fully saturated rings. The molecule has 1 N–H and O–H groups in total. The van der Waals surface area contributed by atoms with Crippen LogP contribution < -0.4 is 10.2 Å². The minimum atomic E-state index is -0.0761. The molecular formula is C19H19ClN2OS. The molecule has 3 nitrogen and oxygen atoms in total. The highest BCUT2D eigenvalue weighted by atomic mass is 35.5. The zero-order valence-corrected chi connectivity index (χ0v) is 14.9. The first-order valence-electron chi connectivity index (χ1n) is 8.30. The van der Waals surface area contributed by atoms with E-state index in [-0.39, 0.29) is 11.2 Å². The van der Waals surface area contributed by atoms with Crippen LogP contribution in [0, 0.1) is 0 Å². The number of nitrogens with zero attached hydrogens (tertiary/aromatic N) is 1. The molecule has 1 saturated heterocycles. The van der Waals surface area contributed by atoms with Crippen LogP contribution in [0.1, 0.15) is 18.4 Å². The number of hydrogen-bond donors (Lipinski definition) is 1. The molecule has 1 unspecified atom stereocenters. The summed E-state index contributed by atoms with van der Waals surface area (Å²) < 4.78 is 0. The SMILES string of the molecule is O=C(Nc1cc(Cl)ccc1N1CCCC1)C1Cc2ccccc2S1. The van der Waals surface area contributed by atoms with Crippen LogP contribution >= 0.6 is 23.4 Å². The number of fused-ring (bicyclic) bond motifs is 1. The highest BCUT2D eigenvalue weighted by molar-refractivity contribution is 8.01. The van der Waals surface area contributed by atoms with Crippen molar-refractivity contribution in [3.63, 3.8) is 0 Å². The van der Waals surface area contributed by atoms with E-state index < -0.39 is 0 Å². The van der Waals surface area contributed by atoms with Gasteiger partial charge in [-0.25, -0.2) is 0 Å². The van der Waals surface area contributed by atoms with Gasteiger partial charge in [-0.15, -0.1) is 11.8 Å². The van der Waals surface area contributed by atoms with Crippen molar-refractivity contribution >= 4 is 40.6 Å². The fourth-order valence-electron chi connectivity index (χ4n) is 3.38. The van der Waals surface area contributed by atoms with Gasteiger partial charge >= 0.3 is 0 Å². The summed E-state index contributed by atoms with van der Waals surface area (Å²) in [6.45, 7) is 2.07. The molecule has 4 rings (SSSR count). The Morgan fingerprint density at radius 2 is 1.96 bits per heavy atom. The fourth-order valence-corrected chi connectivity index (χ4v) is 4.75. The average molecular weight is 359 g/mol. The number of anilines is 2. The van der Waals surface area contributed by atoms with Crippen molar-refractivity contribution in [1.82, 2.24) is 0 Å². The van der Waals surface area contributed by atoms with Crippen LogP contribution in [0.15, 0.2) is 47.4 Å². The van der Waals surface area contributed by atoms with Crippen molar-refractivity contribution in [3.8, 4) is 0 Å². The molecule has 5 heteroatoms. The Hall–Kier alpha value is -1.65. The maximum absolute atomic E-state index is 12.8. The topological polar surface area (TPSA) is 32.3 Å². The van der Waals surface area contributed by atoms with E-state index in [9.17, 15) is 4.79 Å². The van der Waals surface area contributed by atoms with E-state index in [0.717, 1.165) is 30.9 Å². The van der Waals surface area contributed by atoms with Crippen molar-refractivity contribution in [3.05, 3.63) is 53.1 Å². The molecule has 24 heavy (non-hydrogen) atoms. The summed E-state index contributed by atoms with van der Waals surface area (Å²) in [6.07, 6.45) is 3.18. The second kappa shape index (κ2) is 6.69. The molecule has 2 aliphatic heterocycles. The van der Waals surface area contributed by atoms with Crippen LogP contribution in [0.3, 0.4) is 0 Å². The van der Waals surface area contributed by atoms with Crippen molar-refractivity contribution in [2.75, 3.05) is 23.3 Å². The molecule has 0 saturated carbocycles. The molecule has 0 radical (unpaired) electrons. The van der Waals surface area contributed by atoms with Gasteiger partial charge in [0.2, 0.25) is 5.91 Å². The van der Waals surface area contributed by atoms with Crippen molar-refractivity contribution in [1.29, 1.82) is 0 Å². The second-order valence-electron chi connectivity index (χ2n) is 6.26. The third-order valence-corrected chi connectivity index (χ3v) is 6.16. The molecule has 0 aromatic heterocycles. The molecule has 124 valence electrons. The smallest absolute Gasteiger partial charge is 0.238 e. The Labute approximate surface area is 151 Å². The van der Waals surface area contributed by atoms with Crippen LogP contribution in [-0.2, 0) is 11.2 Å². The normalized spacial score (nSPS) is 19.4. The zero-order valence-electron chi connectivity index (χ0n) is 13.3. The van der Waals surface area contributed by atoms with Crippen molar-refractivity contribution < 1.29 is 4.79 Å². The van der Waals surface area contributed by atoms with Crippen molar-refractivity contribution in [2.45, 2.75) is 29.4 Å². The van der Waals surface area contributed by atoms with E-state index in [4.69, 9.17) is 11.6 Å². The van der Waals surface area contributed by atoms with Crippen LogP contribution in [-0.4, -0.2) is 24.2 Å². The van der Waals surface area contributed by atoms with Gasteiger partial charge in [-0.05, 0) is 49.1 Å². The van der Waals surface area contributed by atoms with Crippen LogP contribution in [0.4, 0.5) is 11.4 Å². The van der Waals surface area contributed by atoms with Gasteiger partial charge in [0.15, 0.2) is 0 Å². The Kier molecular flexibility index (Phi) is 4.42. The number of rotatable bonds is 3. The summed E-state index contributed by atoms with van der Waals surface area (Å²) in [5.41, 5.74) is 3.16. The zero-order chi connectivity index (χ0) is 16.5. The minimum absolute atomic E-state index is 0.0545. The van der Waals surface area contributed by atoms with Gasteiger partial charge in [-0.1, -0.05) is 29.8 Å². The molecule has 2 aromatic carbocycles. The first-order valence-corrected chi connectivity index (χ1v) is 9.56. The lowest BCUT2D eigenvalue weighted by Crippen LogP contribution is -2.26. The van der Waals surface area contributed by atoms with Gasteiger partial charge in [0.1, 0.15) is 0 Å². The monoisotopic (exact) mass is 358 g/mol. The van der Waals surface area contributed by atoms with E-state index in [1.54, 1.807) is 11.8 Å². The maximum Gasteiger partial charge on any atom is 0.238 e. The van der Waals surface area contributed by atoms with E-state index in [2.05, 4.69) is 22.3 Å². The summed E-state index contributed by atoms with van der Waals surface area (Å²) in [7, 11) is 0. The highest BCUT2D eigenvalue weighted by Crippen LogP contribution is 2.38. The van der Waals surface area contributed by atoms with Gasteiger partial charge in [0, 0.05) is 23.0 Å². The number of halogens is 1. The lowest BCUT2D eigenvalue weighted by molar-refractivity contribution is -0.115. The number of hydrogen-bond acceptors (Lipinski definition) is 3. The predicted octanol–water partition coefficient (Wildman–Crippen LogP) is 4.60. The minimum Gasteiger partial charge on any atom is -0.370 e. The third-order valence-electron chi connectivity index (χ3n) is 4.60. The summed E-state index contributed by atoms with van der Waals surface area (Å²) in [5.74, 6) is 0.0545. The maximum atomic E-state index is 12.8. The van der Waals surface area contributed by atoms with Gasteiger partial charge in [0.25, 0.3) is 0 Å².